The van der Waals surface area contributed by atoms with E-state index in [1.165, 1.54) is 43.4 Å². The molecule has 6 rings (SSSR count). The van der Waals surface area contributed by atoms with Crippen LogP contribution in [0.3, 0.4) is 0 Å². The summed E-state index contributed by atoms with van der Waals surface area (Å²) in [4.78, 5) is 0. The van der Waals surface area contributed by atoms with E-state index in [0.29, 0.717) is 0 Å². The van der Waals surface area contributed by atoms with Crippen LogP contribution < -0.4 is 5.32 Å². The Kier molecular flexibility index (Phi) is 4.18. The van der Waals surface area contributed by atoms with Gasteiger partial charge in [0.1, 0.15) is 0 Å². The highest BCUT2D eigenvalue weighted by Crippen LogP contribution is 2.42. The fourth-order valence-corrected chi connectivity index (χ4v) is 4.59. The first-order valence-corrected chi connectivity index (χ1v) is 10.6. The van der Waals surface area contributed by atoms with E-state index in [9.17, 15) is 0 Å². The van der Waals surface area contributed by atoms with E-state index in [0.717, 1.165) is 11.4 Å². The van der Waals surface area contributed by atoms with Crippen LogP contribution in [0.4, 0.5) is 11.4 Å². The molecule has 6 aromatic carbocycles. The minimum atomic E-state index is 1.10. The molecule has 0 atom stereocenters. The second kappa shape index (κ2) is 7.30. The smallest absolute Gasteiger partial charge is 0.0544 e. The van der Waals surface area contributed by atoms with Gasteiger partial charge >= 0.3 is 0 Å². The van der Waals surface area contributed by atoms with Crippen LogP contribution >= 0.6 is 0 Å². The highest BCUT2D eigenvalue weighted by molar-refractivity contribution is 6.21. The Labute approximate surface area is 181 Å². The number of anilines is 2. The summed E-state index contributed by atoms with van der Waals surface area (Å²) in [6, 6.07) is 43.2. The molecule has 146 valence electrons. The molecule has 0 unspecified atom stereocenters. The lowest BCUT2D eigenvalue weighted by Crippen LogP contribution is -1.95. The highest BCUT2D eigenvalue weighted by atomic mass is 14.9. The maximum Gasteiger partial charge on any atom is 0.0544 e. The lowest BCUT2D eigenvalue weighted by Gasteiger charge is -2.18. The summed E-state index contributed by atoms with van der Waals surface area (Å²) in [6.07, 6.45) is 0. The zero-order valence-corrected chi connectivity index (χ0v) is 17.0. The first-order chi connectivity index (χ1) is 15.4. The molecule has 0 aromatic heterocycles. The van der Waals surface area contributed by atoms with Gasteiger partial charge in [0.15, 0.2) is 0 Å². The van der Waals surface area contributed by atoms with Crippen LogP contribution in [0.25, 0.3) is 43.4 Å². The van der Waals surface area contributed by atoms with Crippen LogP contribution in [-0.4, -0.2) is 0 Å². The van der Waals surface area contributed by atoms with Gasteiger partial charge in [0.2, 0.25) is 0 Å². The molecule has 0 saturated carbocycles. The van der Waals surface area contributed by atoms with E-state index in [-0.39, 0.29) is 0 Å². The van der Waals surface area contributed by atoms with E-state index in [1.807, 2.05) is 0 Å². The first-order valence-electron chi connectivity index (χ1n) is 10.6. The van der Waals surface area contributed by atoms with Crippen molar-refractivity contribution in [3.63, 3.8) is 0 Å². The van der Waals surface area contributed by atoms with Crippen molar-refractivity contribution in [2.45, 2.75) is 0 Å². The molecule has 31 heavy (non-hydrogen) atoms. The van der Waals surface area contributed by atoms with Crippen molar-refractivity contribution < 1.29 is 0 Å². The van der Waals surface area contributed by atoms with Gasteiger partial charge < -0.3 is 5.32 Å². The van der Waals surface area contributed by atoms with Crippen LogP contribution in [0.1, 0.15) is 0 Å². The van der Waals surface area contributed by atoms with Crippen molar-refractivity contribution in [2.75, 3.05) is 5.32 Å². The standard InChI is InChI=1S/C30H21N/c1-2-11-22(12-3-1)29-25-14-6-8-16-27(25)30(28-17-9-7-15-26(28)29)31-24-19-18-21-10-4-5-13-23(21)20-24/h1-20,31H. The number of benzene rings is 6. The summed E-state index contributed by atoms with van der Waals surface area (Å²) < 4.78 is 0. The quantitative estimate of drug-likeness (QED) is 0.296. The Morgan fingerprint density at radius 2 is 0.968 bits per heavy atom. The van der Waals surface area contributed by atoms with Gasteiger partial charge in [0.05, 0.1) is 5.69 Å². The largest absolute Gasteiger partial charge is 0.354 e. The molecule has 1 heteroatoms. The summed E-state index contributed by atoms with van der Waals surface area (Å²) in [7, 11) is 0. The van der Waals surface area contributed by atoms with Gasteiger partial charge in [-0.3, -0.25) is 0 Å². The SMILES string of the molecule is c1ccc(-c2c3ccccc3c(Nc3ccc4ccccc4c3)c3ccccc23)cc1. The molecule has 0 aliphatic rings. The summed E-state index contributed by atoms with van der Waals surface area (Å²) in [6.45, 7) is 0. The molecule has 0 fully saturated rings. The first kappa shape index (κ1) is 17.7. The Morgan fingerprint density at radius 1 is 0.419 bits per heavy atom. The van der Waals surface area contributed by atoms with Crippen LogP contribution in [0.15, 0.2) is 121 Å². The van der Waals surface area contributed by atoms with E-state index in [1.54, 1.807) is 0 Å². The molecule has 0 saturated heterocycles. The normalized spacial score (nSPS) is 11.2. The Hall–Kier alpha value is -4.10. The minimum absolute atomic E-state index is 1.10. The molecular formula is C30H21N. The number of hydrogen-bond donors (Lipinski definition) is 1. The molecule has 0 heterocycles. The fourth-order valence-electron chi connectivity index (χ4n) is 4.59. The summed E-state index contributed by atoms with van der Waals surface area (Å²) >= 11 is 0. The van der Waals surface area contributed by atoms with Crippen LogP contribution in [0.2, 0.25) is 0 Å². The summed E-state index contributed by atoms with van der Waals surface area (Å²) in [5.74, 6) is 0. The zero-order valence-electron chi connectivity index (χ0n) is 17.0. The van der Waals surface area contributed by atoms with Gasteiger partial charge in [-0.25, -0.2) is 0 Å². The number of hydrogen-bond acceptors (Lipinski definition) is 1. The molecule has 0 aliphatic carbocycles. The predicted molar refractivity (Wildman–Crippen MR) is 134 cm³/mol. The average Bonchev–Trinajstić information content (AvgIpc) is 2.84. The van der Waals surface area contributed by atoms with Gasteiger partial charge in [-0.1, -0.05) is 109 Å². The van der Waals surface area contributed by atoms with Crippen molar-refractivity contribution in [1.82, 2.24) is 0 Å². The topological polar surface area (TPSA) is 12.0 Å². The zero-order chi connectivity index (χ0) is 20.6. The van der Waals surface area contributed by atoms with Crippen LogP contribution in [-0.2, 0) is 0 Å². The lowest BCUT2D eigenvalue weighted by molar-refractivity contribution is 1.61. The predicted octanol–water partition coefficient (Wildman–Crippen LogP) is 8.56. The number of nitrogens with one attached hydrogen (secondary N) is 1. The van der Waals surface area contributed by atoms with E-state index in [2.05, 4.69) is 127 Å². The second-order valence-corrected chi connectivity index (χ2v) is 7.89. The Bertz CT molecular complexity index is 1490. The van der Waals surface area contributed by atoms with Crippen molar-refractivity contribution in [2.24, 2.45) is 0 Å². The van der Waals surface area contributed by atoms with Gasteiger partial charge in [0.25, 0.3) is 0 Å². The van der Waals surface area contributed by atoms with E-state index < -0.39 is 0 Å². The maximum absolute atomic E-state index is 3.76. The average molecular weight is 396 g/mol. The molecule has 0 aliphatic heterocycles. The summed E-state index contributed by atoms with van der Waals surface area (Å²) in [5, 5.41) is 11.2. The maximum atomic E-state index is 3.76. The Morgan fingerprint density at radius 3 is 1.65 bits per heavy atom. The molecule has 0 spiro atoms. The molecule has 1 nitrogen and oxygen atoms in total. The third-order valence-corrected chi connectivity index (χ3v) is 6.01. The lowest BCUT2D eigenvalue weighted by atomic mass is 9.90. The Balaban J connectivity index is 1.64. The third kappa shape index (κ3) is 3.03. The number of rotatable bonds is 3. The molecule has 0 amide bonds. The van der Waals surface area contributed by atoms with Gasteiger partial charge in [-0.2, -0.15) is 0 Å². The van der Waals surface area contributed by atoms with Crippen molar-refractivity contribution in [3.05, 3.63) is 121 Å². The van der Waals surface area contributed by atoms with Gasteiger partial charge in [-0.15, -0.1) is 0 Å². The van der Waals surface area contributed by atoms with E-state index in [4.69, 9.17) is 0 Å². The van der Waals surface area contributed by atoms with Gasteiger partial charge in [-0.05, 0) is 44.8 Å². The van der Waals surface area contributed by atoms with Crippen molar-refractivity contribution in [1.29, 1.82) is 0 Å². The molecule has 0 bridgehead atoms. The molecule has 6 aromatic rings. The monoisotopic (exact) mass is 395 g/mol. The van der Waals surface area contributed by atoms with E-state index >= 15 is 0 Å². The fraction of sp³-hybridized carbons (Fsp3) is 0. The second-order valence-electron chi connectivity index (χ2n) is 7.89. The molecular weight excluding hydrogens is 374 g/mol. The number of fused-ring (bicyclic) bond motifs is 3. The van der Waals surface area contributed by atoms with Crippen molar-refractivity contribution in [3.8, 4) is 11.1 Å². The summed E-state index contributed by atoms with van der Waals surface area (Å²) in [5.41, 5.74) is 4.78. The van der Waals surface area contributed by atoms with Crippen molar-refractivity contribution >= 4 is 43.7 Å². The third-order valence-electron chi connectivity index (χ3n) is 6.01. The van der Waals surface area contributed by atoms with Crippen LogP contribution in [0.5, 0.6) is 0 Å². The molecule has 0 radical (unpaired) electrons. The molecule has 1 N–H and O–H groups in total. The highest BCUT2D eigenvalue weighted by Gasteiger charge is 2.15. The van der Waals surface area contributed by atoms with Gasteiger partial charge in [0, 0.05) is 16.5 Å². The van der Waals surface area contributed by atoms with Crippen LogP contribution in [0, 0.1) is 0 Å². The minimum Gasteiger partial charge on any atom is -0.354 e.